The van der Waals surface area contributed by atoms with Crippen LogP contribution >= 0.6 is 0 Å². The van der Waals surface area contributed by atoms with Crippen molar-refractivity contribution in [3.05, 3.63) is 41.5 Å². The van der Waals surface area contributed by atoms with Gasteiger partial charge in [-0.15, -0.1) is 0 Å². The fourth-order valence-electron chi connectivity index (χ4n) is 2.52. The van der Waals surface area contributed by atoms with Crippen LogP contribution in [0.15, 0.2) is 34.7 Å². The van der Waals surface area contributed by atoms with Gasteiger partial charge in [-0.1, -0.05) is 13.8 Å². The van der Waals surface area contributed by atoms with Crippen LogP contribution in [0.5, 0.6) is 5.75 Å². The number of benzene rings is 2. The fourth-order valence-corrected chi connectivity index (χ4v) is 2.52. The minimum absolute atomic E-state index is 0.0701. The maximum atomic E-state index is 12.0. The smallest absolute Gasteiger partial charge is 0.227 e. The van der Waals surface area contributed by atoms with Crippen molar-refractivity contribution in [1.29, 1.82) is 0 Å². The second kappa shape index (κ2) is 6.59. The topological polar surface area (TPSA) is 64.4 Å². The Morgan fingerprint density at radius 2 is 1.88 bits per heavy atom. The van der Waals surface area contributed by atoms with Gasteiger partial charge < -0.3 is 14.5 Å². The van der Waals surface area contributed by atoms with Crippen LogP contribution in [-0.4, -0.2) is 18.0 Å². The number of nitrogens with zero attached hydrogens (tertiary/aromatic N) is 1. The molecule has 3 aromatic rings. The Balaban J connectivity index is 2.03. The molecular formula is C20H22N2O3. The number of hydrogen-bond donors (Lipinski definition) is 1. The summed E-state index contributed by atoms with van der Waals surface area (Å²) in [5.41, 5.74) is 5.30. The predicted octanol–water partition coefficient (Wildman–Crippen LogP) is 4.71. The van der Waals surface area contributed by atoms with Gasteiger partial charge in [0.1, 0.15) is 11.3 Å². The van der Waals surface area contributed by atoms with E-state index in [9.17, 15) is 4.79 Å². The van der Waals surface area contributed by atoms with E-state index in [0.29, 0.717) is 17.3 Å². The third kappa shape index (κ3) is 3.36. The molecule has 0 atom stereocenters. The highest BCUT2D eigenvalue weighted by Gasteiger charge is 2.15. The Bertz CT molecular complexity index is 903. The number of aromatic nitrogens is 1. The van der Waals surface area contributed by atoms with Gasteiger partial charge in [0.15, 0.2) is 5.58 Å². The van der Waals surface area contributed by atoms with E-state index in [1.165, 1.54) is 5.56 Å². The van der Waals surface area contributed by atoms with Crippen molar-refractivity contribution < 1.29 is 13.9 Å². The maximum Gasteiger partial charge on any atom is 0.227 e. The summed E-state index contributed by atoms with van der Waals surface area (Å²) in [6, 6.07) is 9.50. The summed E-state index contributed by atoms with van der Waals surface area (Å²) in [6.45, 7) is 7.79. The number of rotatable bonds is 4. The van der Waals surface area contributed by atoms with Gasteiger partial charge in [0.25, 0.3) is 0 Å². The monoisotopic (exact) mass is 338 g/mol. The minimum Gasteiger partial charge on any atom is -0.495 e. The van der Waals surface area contributed by atoms with E-state index in [-0.39, 0.29) is 11.8 Å². The second-order valence-electron chi connectivity index (χ2n) is 6.48. The van der Waals surface area contributed by atoms with Crippen LogP contribution in [-0.2, 0) is 4.79 Å². The summed E-state index contributed by atoms with van der Waals surface area (Å²) in [4.78, 5) is 16.6. The molecule has 0 spiro atoms. The number of methoxy groups -OCH3 is 1. The number of oxazole rings is 1. The first-order valence-corrected chi connectivity index (χ1v) is 8.26. The average Bonchev–Trinajstić information content (AvgIpc) is 2.97. The van der Waals surface area contributed by atoms with Gasteiger partial charge in [-0.3, -0.25) is 4.79 Å². The van der Waals surface area contributed by atoms with E-state index in [2.05, 4.69) is 17.2 Å². The molecule has 0 saturated carbocycles. The standard InChI is InChI=1S/C20H22N2O3/c1-11(2)19(23)21-16-10-14(6-7-17(16)24-5)20-22-15-8-12(3)13(4)9-18(15)25-20/h6-11H,1-5H3,(H,21,23). The molecule has 0 aliphatic rings. The summed E-state index contributed by atoms with van der Waals surface area (Å²) in [5.74, 6) is 0.922. The largest absolute Gasteiger partial charge is 0.495 e. The minimum atomic E-state index is -0.122. The highest BCUT2D eigenvalue weighted by Crippen LogP contribution is 2.32. The van der Waals surface area contributed by atoms with Crippen LogP contribution < -0.4 is 10.1 Å². The number of amides is 1. The molecule has 1 N–H and O–H groups in total. The van der Waals surface area contributed by atoms with Gasteiger partial charge >= 0.3 is 0 Å². The Labute approximate surface area is 147 Å². The van der Waals surface area contributed by atoms with Crippen molar-refractivity contribution in [2.45, 2.75) is 27.7 Å². The van der Waals surface area contributed by atoms with Crippen molar-refractivity contribution in [3.63, 3.8) is 0 Å². The lowest BCUT2D eigenvalue weighted by Gasteiger charge is -2.12. The molecule has 0 bridgehead atoms. The Morgan fingerprint density at radius 1 is 1.16 bits per heavy atom. The average molecular weight is 338 g/mol. The van der Waals surface area contributed by atoms with Crippen molar-refractivity contribution in [2.24, 2.45) is 5.92 Å². The lowest BCUT2D eigenvalue weighted by atomic mass is 10.1. The molecule has 2 aromatic carbocycles. The van der Waals surface area contributed by atoms with E-state index in [1.807, 2.05) is 45.0 Å². The quantitative estimate of drug-likeness (QED) is 0.748. The van der Waals surface area contributed by atoms with Gasteiger partial charge in [0.05, 0.1) is 12.8 Å². The van der Waals surface area contributed by atoms with Crippen LogP contribution in [0.25, 0.3) is 22.6 Å². The van der Waals surface area contributed by atoms with Crippen LogP contribution in [0, 0.1) is 19.8 Å². The summed E-state index contributed by atoms with van der Waals surface area (Å²) < 4.78 is 11.2. The van der Waals surface area contributed by atoms with E-state index in [0.717, 1.165) is 22.2 Å². The third-order valence-electron chi connectivity index (χ3n) is 4.23. The molecule has 0 fully saturated rings. The van der Waals surface area contributed by atoms with Gasteiger partial charge in [-0.05, 0) is 55.3 Å². The van der Waals surface area contributed by atoms with Gasteiger partial charge in [-0.2, -0.15) is 0 Å². The summed E-state index contributed by atoms with van der Waals surface area (Å²) in [7, 11) is 1.57. The van der Waals surface area contributed by atoms with Crippen molar-refractivity contribution in [3.8, 4) is 17.2 Å². The number of hydrogen-bond acceptors (Lipinski definition) is 4. The van der Waals surface area contributed by atoms with Crippen LogP contribution in [0.2, 0.25) is 0 Å². The molecule has 0 aliphatic carbocycles. The third-order valence-corrected chi connectivity index (χ3v) is 4.23. The predicted molar refractivity (Wildman–Crippen MR) is 98.9 cm³/mol. The molecule has 1 amide bonds. The molecule has 1 aromatic heterocycles. The van der Waals surface area contributed by atoms with E-state index < -0.39 is 0 Å². The number of aryl methyl sites for hydroxylation is 2. The van der Waals surface area contributed by atoms with Crippen LogP contribution in [0.3, 0.4) is 0 Å². The summed E-state index contributed by atoms with van der Waals surface area (Å²) >= 11 is 0. The first-order valence-electron chi connectivity index (χ1n) is 8.26. The SMILES string of the molecule is COc1ccc(-c2nc3cc(C)c(C)cc3o2)cc1NC(=O)C(C)C. The molecule has 0 saturated heterocycles. The second-order valence-corrected chi connectivity index (χ2v) is 6.48. The van der Waals surface area contributed by atoms with Crippen molar-refractivity contribution >= 4 is 22.7 Å². The summed E-state index contributed by atoms with van der Waals surface area (Å²) in [6.07, 6.45) is 0. The molecule has 5 nitrogen and oxygen atoms in total. The maximum absolute atomic E-state index is 12.0. The lowest BCUT2D eigenvalue weighted by molar-refractivity contribution is -0.118. The Morgan fingerprint density at radius 3 is 2.56 bits per heavy atom. The molecule has 0 radical (unpaired) electrons. The van der Waals surface area contributed by atoms with Gasteiger partial charge in [0, 0.05) is 11.5 Å². The fraction of sp³-hybridized carbons (Fsp3) is 0.300. The Hall–Kier alpha value is -2.82. The number of carbonyl (C=O) groups is 1. The zero-order chi connectivity index (χ0) is 18.1. The number of ether oxygens (including phenoxy) is 1. The molecular weight excluding hydrogens is 316 g/mol. The number of nitrogens with one attached hydrogen (secondary N) is 1. The highest BCUT2D eigenvalue weighted by molar-refractivity contribution is 5.94. The van der Waals surface area contributed by atoms with Crippen molar-refractivity contribution in [2.75, 3.05) is 12.4 Å². The number of fused-ring (bicyclic) bond motifs is 1. The highest BCUT2D eigenvalue weighted by atomic mass is 16.5. The van der Waals surface area contributed by atoms with Crippen molar-refractivity contribution in [1.82, 2.24) is 4.98 Å². The zero-order valence-electron chi connectivity index (χ0n) is 15.1. The molecule has 0 unspecified atom stereocenters. The number of anilines is 1. The molecule has 25 heavy (non-hydrogen) atoms. The molecule has 5 heteroatoms. The molecule has 130 valence electrons. The first-order chi connectivity index (χ1) is 11.9. The lowest BCUT2D eigenvalue weighted by Crippen LogP contribution is -2.18. The first kappa shape index (κ1) is 17.0. The normalized spacial score (nSPS) is 11.1. The molecule has 3 rings (SSSR count). The molecule has 0 aliphatic heterocycles. The van der Waals surface area contributed by atoms with E-state index in [4.69, 9.17) is 9.15 Å². The van der Waals surface area contributed by atoms with Gasteiger partial charge in [-0.25, -0.2) is 4.98 Å². The van der Waals surface area contributed by atoms with Gasteiger partial charge in [0.2, 0.25) is 11.8 Å². The number of carbonyl (C=O) groups excluding carboxylic acids is 1. The summed E-state index contributed by atoms with van der Waals surface area (Å²) in [5, 5.41) is 2.89. The zero-order valence-corrected chi connectivity index (χ0v) is 15.1. The Kier molecular flexibility index (Phi) is 4.49. The van der Waals surface area contributed by atoms with Crippen LogP contribution in [0.4, 0.5) is 5.69 Å². The van der Waals surface area contributed by atoms with Crippen LogP contribution in [0.1, 0.15) is 25.0 Å². The molecule has 1 heterocycles. The van der Waals surface area contributed by atoms with E-state index in [1.54, 1.807) is 13.2 Å². The van der Waals surface area contributed by atoms with E-state index >= 15 is 0 Å².